The second kappa shape index (κ2) is 3.89. The lowest BCUT2D eigenvalue weighted by atomic mass is 9.92. The van der Waals surface area contributed by atoms with Crippen molar-refractivity contribution in [2.45, 2.75) is 20.3 Å². The van der Waals surface area contributed by atoms with E-state index in [0.29, 0.717) is 5.92 Å². The van der Waals surface area contributed by atoms with Crippen LogP contribution in [-0.4, -0.2) is 17.8 Å². The highest BCUT2D eigenvalue weighted by atomic mass is 16.7. The smallest absolute Gasteiger partial charge is 0.338 e. The van der Waals surface area contributed by atoms with E-state index in [9.17, 15) is 4.79 Å². The number of hydrogen-bond donors (Lipinski definition) is 2. The Labute approximate surface area is 77.5 Å². The van der Waals surface area contributed by atoms with Crippen LogP contribution in [0.4, 0.5) is 0 Å². The van der Waals surface area contributed by atoms with E-state index in [0.717, 1.165) is 6.42 Å². The molecule has 1 rings (SSSR count). The van der Waals surface area contributed by atoms with Gasteiger partial charge in [-0.15, -0.1) is 5.48 Å². The maximum Gasteiger partial charge on any atom is 0.338 e. The molecule has 0 unspecified atom stereocenters. The molecule has 1 aliphatic carbocycles. The van der Waals surface area contributed by atoms with Crippen molar-refractivity contribution in [1.29, 1.82) is 0 Å². The van der Waals surface area contributed by atoms with Gasteiger partial charge in [-0.2, -0.15) is 0 Å². The quantitative estimate of drug-likeness (QED) is 0.374. The fraction of sp³-hybridized carbons (Fsp3) is 0.667. The van der Waals surface area contributed by atoms with Crippen LogP contribution in [0.3, 0.4) is 0 Å². The molecular weight excluding hydrogens is 170 g/mol. The summed E-state index contributed by atoms with van der Waals surface area (Å²) >= 11 is 0. The molecule has 2 N–H and O–H groups in total. The van der Waals surface area contributed by atoms with E-state index >= 15 is 0 Å². The standard InChI is InChI=1S/C9H15NO3/c1-7(2)5-9(3-4-9)8(12)13-10-6-11/h3-4,7,10-11H,5-6H2,1-2H3. The van der Waals surface area contributed by atoms with E-state index in [-0.39, 0.29) is 12.7 Å². The summed E-state index contributed by atoms with van der Waals surface area (Å²) in [7, 11) is 0. The van der Waals surface area contributed by atoms with E-state index in [1.165, 1.54) is 0 Å². The molecule has 74 valence electrons. The third-order valence-corrected chi connectivity index (χ3v) is 1.92. The molecule has 0 fully saturated rings. The molecule has 4 heteroatoms. The summed E-state index contributed by atoms with van der Waals surface area (Å²) in [6.07, 6.45) is 4.42. The molecule has 1 aliphatic rings. The molecule has 0 aromatic carbocycles. The van der Waals surface area contributed by atoms with Crippen LogP contribution < -0.4 is 5.48 Å². The molecule has 0 saturated carbocycles. The fourth-order valence-electron chi connectivity index (χ4n) is 1.32. The molecule has 0 bridgehead atoms. The van der Waals surface area contributed by atoms with Crippen molar-refractivity contribution in [3.05, 3.63) is 12.2 Å². The first-order valence-corrected chi connectivity index (χ1v) is 4.36. The van der Waals surface area contributed by atoms with Gasteiger partial charge >= 0.3 is 5.97 Å². The van der Waals surface area contributed by atoms with Gasteiger partial charge in [-0.1, -0.05) is 26.0 Å². The zero-order valence-electron chi connectivity index (χ0n) is 7.91. The monoisotopic (exact) mass is 185 g/mol. The van der Waals surface area contributed by atoms with Crippen LogP contribution in [0.25, 0.3) is 0 Å². The van der Waals surface area contributed by atoms with Crippen molar-refractivity contribution in [1.82, 2.24) is 5.48 Å². The highest BCUT2D eigenvalue weighted by Gasteiger charge is 2.44. The van der Waals surface area contributed by atoms with Crippen LogP contribution in [0.15, 0.2) is 12.2 Å². The molecule has 0 amide bonds. The predicted octanol–water partition coefficient (Wildman–Crippen LogP) is 0.586. The molecule has 0 heterocycles. The highest BCUT2D eigenvalue weighted by Crippen LogP contribution is 2.41. The summed E-state index contributed by atoms with van der Waals surface area (Å²) in [6.45, 7) is 3.74. The Morgan fingerprint density at radius 3 is 2.62 bits per heavy atom. The van der Waals surface area contributed by atoms with Crippen LogP contribution in [0.2, 0.25) is 0 Å². The Hall–Kier alpha value is -0.870. The van der Waals surface area contributed by atoms with Crippen LogP contribution in [-0.2, 0) is 9.63 Å². The van der Waals surface area contributed by atoms with Gasteiger partial charge in [-0.05, 0) is 12.3 Å². The van der Waals surface area contributed by atoms with Crippen LogP contribution in [0.5, 0.6) is 0 Å². The van der Waals surface area contributed by atoms with Gasteiger partial charge in [0, 0.05) is 0 Å². The minimum atomic E-state index is -0.504. The van der Waals surface area contributed by atoms with E-state index in [2.05, 4.69) is 24.2 Å². The molecular formula is C9H15NO3. The lowest BCUT2D eigenvalue weighted by molar-refractivity contribution is -0.160. The Balaban J connectivity index is 2.36. The maximum atomic E-state index is 11.4. The van der Waals surface area contributed by atoms with Gasteiger partial charge in [0.2, 0.25) is 0 Å². The third kappa shape index (κ3) is 2.54. The minimum Gasteiger partial charge on any atom is -0.378 e. The molecule has 0 aromatic heterocycles. The van der Waals surface area contributed by atoms with Gasteiger partial charge in [0.1, 0.15) is 12.1 Å². The number of hydroxylamine groups is 1. The summed E-state index contributed by atoms with van der Waals surface area (Å²) in [4.78, 5) is 16.0. The summed E-state index contributed by atoms with van der Waals surface area (Å²) < 4.78 is 0. The van der Waals surface area contributed by atoms with Gasteiger partial charge in [0.25, 0.3) is 0 Å². The Bertz CT molecular complexity index is 217. The van der Waals surface area contributed by atoms with E-state index < -0.39 is 5.41 Å². The van der Waals surface area contributed by atoms with Crippen molar-refractivity contribution in [2.24, 2.45) is 11.3 Å². The second-order valence-electron chi connectivity index (χ2n) is 3.66. The Kier molecular flexibility index (Phi) is 3.06. The molecule has 13 heavy (non-hydrogen) atoms. The average molecular weight is 185 g/mol. The number of aliphatic hydroxyl groups is 1. The summed E-state index contributed by atoms with van der Waals surface area (Å²) in [6, 6.07) is 0. The second-order valence-corrected chi connectivity index (χ2v) is 3.66. The van der Waals surface area contributed by atoms with Gasteiger partial charge in [0.05, 0.1) is 0 Å². The SMILES string of the molecule is CC(C)CC1(C(=O)ONCO)C=C1. The van der Waals surface area contributed by atoms with Crippen molar-refractivity contribution >= 4 is 5.97 Å². The number of carbonyl (C=O) groups is 1. The van der Waals surface area contributed by atoms with Crippen LogP contribution in [0, 0.1) is 11.3 Å². The number of aliphatic hydroxyl groups excluding tert-OH is 1. The lowest BCUT2D eigenvalue weighted by Gasteiger charge is -2.16. The summed E-state index contributed by atoms with van der Waals surface area (Å²) in [5, 5.41) is 8.37. The van der Waals surface area contributed by atoms with Crippen molar-refractivity contribution in [3.63, 3.8) is 0 Å². The Morgan fingerprint density at radius 2 is 2.23 bits per heavy atom. The molecule has 0 aliphatic heterocycles. The lowest BCUT2D eigenvalue weighted by Crippen LogP contribution is -2.29. The third-order valence-electron chi connectivity index (χ3n) is 1.92. The molecule has 0 atom stereocenters. The van der Waals surface area contributed by atoms with E-state index in [1.54, 1.807) is 0 Å². The van der Waals surface area contributed by atoms with Crippen LogP contribution in [0.1, 0.15) is 20.3 Å². The Morgan fingerprint density at radius 1 is 1.62 bits per heavy atom. The molecule has 4 nitrogen and oxygen atoms in total. The fourth-order valence-corrected chi connectivity index (χ4v) is 1.32. The first-order valence-electron chi connectivity index (χ1n) is 4.36. The van der Waals surface area contributed by atoms with Crippen LogP contribution >= 0.6 is 0 Å². The van der Waals surface area contributed by atoms with E-state index in [4.69, 9.17) is 5.11 Å². The zero-order valence-corrected chi connectivity index (χ0v) is 7.91. The molecule has 0 aromatic rings. The summed E-state index contributed by atoms with van der Waals surface area (Å²) in [5.74, 6) is 0.104. The molecule has 0 spiro atoms. The number of hydrogen-bond acceptors (Lipinski definition) is 4. The van der Waals surface area contributed by atoms with Gasteiger partial charge in [-0.3, -0.25) is 0 Å². The van der Waals surface area contributed by atoms with E-state index in [1.807, 2.05) is 12.2 Å². The van der Waals surface area contributed by atoms with Gasteiger partial charge in [0.15, 0.2) is 0 Å². The van der Waals surface area contributed by atoms with Crippen molar-refractivity contribution in [3.8, 4) is 0 Å². The van der Waals surface area contributed by atoms with Crippen molar-refractivity contribution < 1.29 is 14.7 Å². The maximum absolute atomic E-state index is 11.4. The van der Waals surface area contributed by atoms with Gasteiger partial charge in [-0.25, -0.2) is 4.79 Å². The highest BCUT2D eigenvalue weighted by molar-refractivity contribution is 5.86. The topological polar surface area (TPSA) is 58.6 Å². The molecule has 0 radical (unpaired) electrons. The predicted molar refractivity (Wildman–Crippen MR) is 47.3 cm³/mol. The normalized spacial score (nSPS) is 17.5. The summed E-state index contributed by atoms with van der Waals surface area (Å²) in [5.41, 5.74) is 1.63. The minimum absolute atomic E-state index is 0.338. The molecule has 0 saturated heterocycles. The van der Waals surface area contributed by atoms with Crippen molar-refractivity contribution in [2.75, 3.05) is 6.73 Å². The number of carbonyl (C=O) groups excluding carboxylic acids is 1. The first-order chi connectivity index (χ1) is 6.10. The largest absolute Gasteiger partial charge is 0.378 e. The first kappa shape index (κ1) is 10.2. The number of nitrogens with one attached hydrogen (secondary N) is 1. The average Bonchev–Trinajstić information content (AvgIpc) is 2.80. The zero-order chi connectivity index (χ0) is 9.90. The number of rotatable bonds is 5. The van der Waals surface area contributed by atoms with Gasteiger partial charge < -0.3 is 9.94 Å².